The largest absolute Gasteiger partial charge is 0.396 e. The van der Waals surface area contributed by atoms with Crippen LogP contribution < -0.4 is 16.6 Å². The average molecular weight is 272 g/mol. The monoisotopic (exact) mass is 272 g/mol. The van der Waals surface area contributed by atoms with Gasteiger partial charge < -0.3 is 15.8 Å². The zero-order valence-electron chi connectivity index (χ0n) is 10.5. The molecule has 5 N–H and O–H groups in total. The van der Waals surface area contributed by atoms with Crippen LogP contribution >= 0.6 is 0 Å². The fourth-order valence-corrected chi connectivity index (χ4v) is 2.46. The zero-order chi connectivity index (χ0) is 13.8. The van der Waals surface area contributed by atoms with Crippen molar-refractivity contribution in [3.05, 3.63) is 17.7 Å². The Bertz CT molecular complexity index is 444. The number of hydrazine groups is 1. The highest BCUT2D eigenvalue weighted by atomic mass is 19.1. The Morgan fingerprint density at radius 1 is 1.26 bits per heavy atom. The number of aliphatic hydroxyl groups excluding tert-OH is 1. The molecule has 2 rings (SSSR count). The molecule has 0 saturated heterocycles. The van der Waals surface area contributed by atoms with E-state index in [4.69, 9.17) is 5.84 Å². The minimum absolute atomic E-state index is 0.0419. The van der Waals surface area contributed by atoms with Crippen molar-refractivity contribution in [2.75, 3.05) is 17.3 Å². The molecule has 1 aromatic heterocycles. The number of aliphatic hydroxyl groups is 1. The fraction of sp³-hybridized carbons (Fsp3) is 0.583. The molecule has 2 unspecified atom stereocenters. The molecule has 1 heterocycles. The third-order valence-corrected chi connectivity index (χ3v) is 3.53. The molecule has 5 nitrogen and oxygen atoms in total. The van der Waals surface area contributed by atoms with E-state index in [2.05, 4.69) is 15.7 Å². The number of halogens is 2. The minimum atomic E-state index is -0.840. The number of hydrogen-bond acceptors (Lipinski definition) is 5. The van der Waals surface area contributed by atoms with E-state index in [1.54, 1.807) is 0 Å². The predicted molar refractivity (Wildman–Crippen MR) is 68.4 cm³/mol. The summed E-state index contributed by atoms with van der Waals surface area (Å²) in [5.41, 5.74) is 2.08. The number of nitrogens with one attached hydrogen (secondary N) is 2. The first-order valence-electron chi connectivity index (χ1n) is 6.35. The molecule has 106 valence electrons. The topological polar surface area (TPSA) is 83.2 Å². The van der Waals surface area contributed by atoms with Gasteiger partial charge in [-0.1, -0.05) is 12.8 Å². The summed E-state index contributed by atoms with van der Waals surface area (Å²) >= 11 is 0. The van der Waals surface area contributed by atoms with Gasteiger partial charge in [0.2, 0.25) is 0 Å². The van der Waals surface area contributed by atoms with Crippen LogP contribution in [0.1, 0.15) is 25.7 Å². The van der Waals surface area contributed by atoms with Gasteiger partial charge in [-0.25, -0.2) is 19.6 Å². The number of pyridine rings is 1. The molecule has 0 radical (unpaired) electrons. The Morgan fingerprint density at radius 3 is 2.63 bits per heavy atom. The van der Waals surface area contributed by atoms with Crippen molar-refractivity contribution in [2.24, 2.45) is 11.8 Å². The molecule has 19 heavy (non-hydrogen) atoms. The van der Waals surface area contributed by atoms with E-state index >= 15 is 0 Å². The van der Waals surface area contributed by atoms with Gasteiger partial charge in [0.05, 0.1) is 0 Å². The van der Waals surface area contributed by atoms with Crippen LogP contribution in [-0.2, 0) is 0 Å². The maximum absolute atomic E-state index is 13.7. The van der Waals surface area contributed by atoms with Gasteiger partial charge in [0, 0.05) is 24.6 Å². The lowest BCUT2D eigenvalue weighted by molar-refractivity contribution is 0.178. The van der Waals surface area contributed by atoms with E-state index in [1.807, 2.05) is 0 Å². The van der Waals surface area contributed by atoms with E-state index < -0.39 is 11.6 Å². The standard InChI is InChI=1S/C12H18F2N4O/c13-8-5-9(14)12(18-15)17-11(8)16-10-4-2-1-3-7(10)6-19/h5,7,10,19H,1-4,6,15H2,(H2,16,17,18). The van der Waals surface area contributed by atoms with Crippen LogP contribution in [-0.4, -0.2) is 22.7 Å². The second kappa shape index (κ2) is 6.12. The SMILES string of the molecule is NNc1nc(NC2CCCCC2CO)c(F)cc1F. The van der Waals surface area contributed by atoms with Gasteiger partial charge in [0.25, 0.3) is 0 Å². The Labute approximate surface area is 110 Å². The van der Waals surface area contributed by atoms with Gasteiger partial charge in [-0.3, -0.25) is 0 Å². The molecule has 0 spiro atoms. The third kappa shape index (κ3) is 3.10. The predicted octanol–water partition coefficient (Wildman–Crippen LogP) is 1.61. The highest BCUT2D eigenvalue weighted by Gasteiger charge is 2.26. The summed E-state index contributed by atoms with van der Waals surface area (Å²) in [6.45, 7) is 0.0441. The van der Waals surface area contributed by atoms with Crippen LogP contribution in [0.5, 0.6) is 0 Å². The van der Waals surface area contributed by atoms with Crippen molar-refractivity contribution in [3.63, 3.8) is 0 Å². The second-order valence-corrected chi connectivity index (χ2v) is 4.77. The lowest BCUT2D eigenvalue weighted by Crippen LogP contribution is -2.35. The van der Waals surface area contributed by atoms with Crippen molar-refractivity contribution in [2.45, 2.75) is 31.7 Å². The summed E-state index contributed by atoms with van der Waals surface area (Å²) < 4.78 is 26.9. The molecule has 1 aliphatic rings. The van der Waals surface area contributed by atoms with Crippen LogP contribution in [0.25, 0.3) is 0 Å². The Hall–Kier alpha value is -1.47. The molecular weight excluding hydrogens is 254 g/mol. The van der Waals surface area contributed by atoms with Crippen molar-refractivity contribution < 1.29 is 13.9 Å². The average Bonchev–Trinajstić information content (AvgIpc) is 2.42. The van der Waals surface area contributed by atoms with Gasteiger partial charge in [-0.05, 0) is 12.8 Å². The van der Waals surface area contributed by atoms with Crippen LogP contribution in [0.2, 0.25) is 0 Å². The van der Waals surface area contributed by atoms with Gasteiger partial charge >= 0.3 is 0 Å². The quantitative estimate of drug-likeness (QED) is 0.494. The Kier molecular flexibility index (Phi) is 4.49. The molecule has 0 amide bonds. The van der Waals surface area contributed by atoms with Crippen LogP contribution in [0.3, 0.4) is 0 Å². The van der Waals surface area contributed by atoms with Crippen LogP contribution in [0.4, 0.5) is 20.4 Å². The van der Waals surface area contributed by atoms with E-state index in [-0.39, 0.29) is 30.2 Å². The van der Waals surface area contributed by atoms with E-state index in [0.29, 0.717) is 0 Å². The molecule has 2 atom stereocenters. The van der Waals surface area contributed by atoms with Crippen molar-refractivity contribution >= 4 is 11.6 Å². The van der Waals surface area contributed by atoms with Crippen molar-refractivity contribution in [1.82, 2.24) is 4.98 Å². The third-order valence-electron chi connectivity index (χ3n) is 3.53. The molecule has 7 heteroatoms. The lowest BCUT2D eigenvalue weighted by atomic mass is 9.85. The Morgan fingerprint density at radius 2 is 1.95 bits per heavy atom. The maximum atomic E-state index is 13.7. The first-order valence-corrected chi connectivity index (χ1v) is 6.35. The highest BCUT2D eigenvalue weighted by molar-refractivity contribution is 5.47. The maximum Gasteiger partial charge on any atom is 0.178 e. The zero-order valence-corrected chi connectivity index (χ0v) is 10.5. The highest BCUT2D eigenvalue weighted by Crippen LogP contribution is 2.28. The van der Waals surface area contributed by atoms with E-state index in [0.717, 1.165) is 31.7 Å². The lowest BCUT2D eigenvalue weighted by Gasteiger charge is -2.31. The van der Waals surface area contributed by atoms with Crippen LogP contribution in [0, 0.1) is 17.6 Å². The smallest absolute Gasteiger partial charge is 0.178 e. The summed E-state index contributed by atoms with van der Waals surface area (Å²) in [6, 6.07) is 0.679. The van der Waals surface area contributed by atoms with Crippen LogP contribution in [0.15, 0.2) is 6.07 Å². The fourth-order valence-electron chi connectivity index (χ4n) is 2.46. The molecule has 1 saturated carbocycles. The van der Waals surface area contributed by atoms with Gasteiger partial charge in [0.15, 0.2) is 23.3 Å². The number of rotatable bonds is 4. The normalized spacial score (nSPS) is 23.2. The van der Waals surface area contributed by atoms with E-state index in [9.17, 15) is 13.9 Å². The van der Waals surface area contributed by atoms with Crippen molar-refractivity contribution in [1.29, 1.82) is 0 Å². The minimum Gasteiger partial charge on any atom is -0.396 e. The number of aromatic nitrogens is 1. The number of nitrogens with two attached hydrogens (primary N) is 1. The molecular formula is C12H18F2N4O. The number of anilines is 2. The Balaban J connectivity index is 2.17. The van der Waals surface area contributed by atoms with Gasteiger partial charge in [-0.2, -0.15) is 0 Å². The molecule has 0 aromatic carbocycles. The van der Waals surface area contributed by atoms with Crippen molar-refractivity contribution in [3.8, 4) is 0 Å². The second-order valence-electron chi connectivity index (χ2n) is 4.77. The first kappa shape index (κ1) is 14.0. The summed E-state index contributed by atoms with van der Waals surface area (Å²) in [7, 11) is 0. The van der Waals surface area contributed by atoms with E-state index in [1.165, 1.54) is 0 Å². The molecule has 0 aliphatic heterocycles. The number of nitrogen functional groups attached to an aromatic ring is 1. The number of nitrogens with zero attached hydrogens (tertiary/aromatic N) is 1. The molecule has 1 fully saturated rings. The van der Waals surface area contributed by atoms with Gasteiger partial charge in [-0.15, -0.1) is 0 Å². The molecule has 0 bridgehead atoms. The number of hydrogen-bond donors (Lipinski definition) is 4. The van der Waals surface area contributed by atoms with Gasteiger partial charge in [0.1, 0.15) is 0 Å². The summed E-state index contributed by atoms with van der Waals surface area (Å²) in [5, 5.41) is 12.3. The summed E-state index contributed by atoms with van der Waals surface area (Å²) in [6.07, 6.45) is 3.78. The summed E-state index contributed by atoms with van der Waals surface area (Å²) in [5.74, 6) is 3.32. The first-order chi connectivity index (χ1) is 9.15. The molecule has 1 aromatic rings. The molecule has 1 aliphatic carbocycles. The summed E-state index contributed by atoms with van der Waals surface area (Å²) in [4.78, 5) is 3.77.